The van der Waals surface area contributed by atoms with Gasteiger partial charge in [-0.15, -0.1) is 0 Å². The molecule has 0 saturated carbocycles. The fourth-order valence-corrected chi connectivity index (χ4v) is 6.59. The summed E-state index contributed by atoms with van der Waals surface area (Å²) >= 11 is 0. The monoisotopic (exact) mass is 561 g/mol. The van der Waals surface area contributed by atoms with Gasteiger partial charge in [0.05, 0.1) is 17.4 Å². The van der Waals surface area contributed by atoms with E-state index in [0.29, 0.717) is 11.1 Å². The molecule has 208 valence electrons. The van der Waals surface area contributed by atoms with E-state index in [2.05, 4.69) is 53.7 Å². The Morgan fingerprint density at radius 1 is 0.744 bits per heavy atom. The fourth-order valence-electron chi connectivity index (χ4n) is 6.59. The Morgan fingerprint density at radius 3 is 2.37 bits per heavy atom. The Balaban J connectivity index is 1.29. The van der Waals surface area contributed by atoms with Crippen LogP contribution in [-0.4, -0.2) is 14.5 Å². The number of halogens is 1. The van der Waals surface area contributed by atoms with Gasteiger partial charge in [-0.3, -0.25) is 9.55 Å². The van der Waals surface area contributed by atoms with Gasteiger partial charge < -0.3 is 4.74 Å². The highest BCUT2D eigenvalue weighted by Crippen LogP contribution is 2.51. The molecule has 0 fully saturated rings. The molecule has 0 N–H and O–H groups in total. The second-order valence-corrected chi connectivity index (χ2v) is 11.6. The second kappa shape index (κ2) is 9.63. The number of ether oxygens (including phenoxy) is 1. The van der Waals surface area contributed by atoms with Gasteiger partial charge in [-0.1, -0.05) is 86.6 Å². The first-order valence-electron chi connectivity index (χ1n) is 14.5. The standard InChI is InChI=1S/C38H28FN3O/c1-38(2)29-16-4-6-19-32(29)43-33-23-41-37-34(35(33)38)28-15-3-5-18-31(28)42(37)27-14-10-13-26(22-27)36(39)25-12-9-11-24(21-25)30-17-7-8-20-40-30/h3-23,36H,1-2H3. The van der Waals surface area contributed by atoms with E-state index in [1.165, 1.54) is 0 Å². The molecule has 0 aliphatic carbocycles. The zero-order valence-electron chi connectivity index (χ0n) is 23.8. The van der Waals surface area contributed by atoms with Crippen LogP contribution in [0.2, 0.25) is 0 Å². The van der Waals surface area contributed by atoms with Gasteiger partial charge in [0.2, 0.25) is 0 Å². The lowest BCUT2D eigenvalue weighted by atomic mass is 9.74. The molecule has 0 spiro atoms. The Kier molecular flexibility index (Phi) is 5.70. The maximum absolute atomic E-state index is 16.2. The number of rotatable bonds is 4. The van der Waals surface area contributed by atoms with E-state index in [1.807, 2.05) is 91.1 Å². The number of pyridine rings is 2. The van der Waals surface area contributed by atoms with Gasteiger partial charge in [0.25, 0.3) is 0 Å². The minimum atomic E-state index is -1.30. The van der Waals surface area contributed by atoms with Crippen molar-refractivity contribution >= 4 is 21.9 Å². The molecule has 8 rings (SSSR count). The van der Waals surface area contributed by atoms with Crippen LogP contribution >= 0.6 is 0 Å². The van der Waals surface area contributed by atoms with Crippen molar-refractivity contribution in [1.29, 1.82) is 0 Å². The van der Waals surface area contributed by atoms with Gasteiger partial charge in [0.1, 0.15) is 11.4 Å². The molecule has 1 unspecified atom stereocenters. The van der Waals surface area contributed by atoms with Crippen molar-refractivity contribution in [1.82, 2.24) is 14.5 Å². The maximum Gasteiger partial charge on any atom is 0.150 e. The minimum absolute atomic E-state index is 0.315. The van der Waals surface area contributed by atoms with Gasteiger partial charge in [-0.2, -0.15) is 0 Å². The highest BCUT2D eigenvalue weighted by molar-refractivity contribution is 6.11. The van der Waals surface area contributed by atoms with Crippen LogP contribution < -0.4 is 4.74 Å². The summed E-state index contributed by atoms with van der Waals surface area (Å²) in [5.74, 6) is 1.63. The number of benzene rings is 4. The first kappa shape index (κ1) is 25.4. The quantitative estimate of drug-likeness (QED) is 0.215. The minimum Gasteiger partial charge on any atom is -0.455 e. The molecule has 1 aliphatic rings. The van der Waals surface area contributed by atoms with Gasteiger partial charge in [0.15, 0.2) is 11.9 Å². The molecular formula is C38H28FN3O. The van der Waals surface area contributed by atoms with Gasteiger partial charge in [-0.25, -0.2) is 9.37 Å². The van der Waals surface area contributed by atoms with Crippen molar-refractivity contribution in [3.8, 4) is 28.4 Å². The smallest absolute Gasteiger partial charge is 0.150 e. The molecule has 3 aromatic heterocycles. The second-order valence-electron chi connectivity index (χ2n) is 11.6. The van der Waals surface area contributed by atoms with Crippen LogP contribution in [0.25, 0.3) is 38.9 Å². The van der Waals surface area contributed by atoms with Crippen molar-refractivity contribution in [2.24, 2.45) is 0 Å². The molecule has 4 nitrogen and oxygen atoms in total. The number of aromatic nitrogens is 3. The fraction of sp³-hybridized carbons (Fsp3) is 0.105. The molecule has 0 radical (unpaired) electrons. The molecule has 1 atom stereocenters. The first-order valence-corrected chi connectivity index (χ1v) is 14.5. The lowest BCUT2D eigenvalue weighted by Gasteiger charge is -2.34. The van der Waals surface area contributed by atoms with E-state index >= 15 is 4.39 Å². The van der Waals surface area contributed by atoms with E-state index in [9.17, 15) is 0 Å². The number of fused-ring (bicyclic) bond motifs is 6. The summed E-state index contributed by atoms with van der Waals surface area (Å²) in [6, 6.07) is 37.6. The number of alkyl halides is 1. The molecule has 1 aliphatic heterocycles. The van der Waals surface area contributed by atoms with Crippen molar-refractivity contribution in [2.75, 3.05) is 0 Å². The van der Waals surface area contributed by atoms with Crippen LogP contribution in [0.4, 0.5) is 4.39 Å². The van der Waals surface area contributed by atoms with E-state index in [1.54, 1.807) is 6.20 Å². The summed E-state index contributed by atoms with van der Waals surface area (Å²) < 4.78 is 24.8. The number of nitrogens with zero attached hydrogens (tertiary/aromatic N) is 3. The third kappa shape index (κ3) is 3.96. The molecule has 0 saturated heterocycles. The van der Waals surface area contributed by atoms with Gasteiger partial charge >= 0.3 is 0 Å². The van der Waals surface area contributed by atoms with Crippen molar-refractivity contribution in [3.63, 3.8) is 0 Å². The summed E-state index contributed by atoms with van der Waals surface area (Å²) in [7, 11) is 0. The van der Waals surface area contributed by atoms with Crippen LogP contribution in [0.5, 0.6) is 11.5 Å². The zero-order chi connectivity index (χ0) is 29.1. The van der Waals surface area contributed by atoms with Crippen LogP contribution in [0, 0.1) is 0 Å². The van der Waals surface area contributed by atoms with Gasteiger partial charge in [-0.05, 0) is 53.6 Å². The average Bonchev–Trinajstić information content (AvgIpc) is 3.39. The largest absolute Gasteiger partial charge is 0.455 e. The molecule has 0 bridgehead atoms. The third-order valence-electron chi connectivity index (χ3n) is 8.62. The SMILES string of the molecule is CC1(C)c2ccccc2Oc2cnc3c(c21)c1ccccc1n3-c1cccc(C(F)c2cccc(-c3ccccn3)c2)c1. The maximum atomic E-state index is 16.2. The summed E-state index contributed by atoms with van der Waals surface area (Å²) in [5, 5.41) is 2.14. The number of para-hydroxylation sites is 2. The van der Waals surface area contributed by atoms with E-state index in [-0.39, 0.29) is 5.41 Å². The predicted octanol–water partition coefficient (Wildman–Crippen LogP) is 9.73. The van der Waals surface area contributed by atoms with Crippen LogP contribution in [0.15, 0.2) is 128 Å². The molecule has 5 heteroatoms. The third-order valence-corrected chi connectivity index (χ3v) is 8.62. The summed E-state index contributed by atoms with van der Waals surface area (Å²) in [6.45, 7) is 4.48. The first-order chi connectivity index (χ1) is 21.0. The molecule has 4 aromatic carbocycles. The Morgan fingerprint density at radius 2 is 1.51 bits per heavy atom. The zero-order valence-corrected chi connectivity index (χ0v) is 23.8. The lowest BCUT2D eigenvalue weighted by molar-refractivity contribution is 0.402. The molecular weight excluding hydrogens is 533 g/mol. The Labute approximate surface area is 249 Å². The average molecular weight is 562 g/mol. The lowest BCUT2D eigenvalue weighted by Crippen LogP contribution is -2.24. The predicted molar refractivity (Wildman–Crippen MR) is 170 cm³/mol. The molecule has 0 amide bonds. The Bertz CT molecular complexity index is 2170. The van der Waals surface area contributed by atoms with Crippen LogP contribution in [0.3, 0.4) is 0 Å². The highest BCUT2D eigenvalue weighted by Gasteiger charge is 2.37. The van der Waals surface area contributed by atoms with Crippen LogP contribution in [0.1, 0.15) is 42.3 Å². The topological polar surface area (TPSA) is 39.9 Å². The highest BCUT2D eigenvalue weighted by atomic mass is 19.1. The van der Waals surface area contributed by atoms with E-state index in [4.69, 9.17) is 9.72 Å². The van der Waals surface area contributed by atoms with E-state index in [0.717, 1.165) is 61.5 Å². The number of hydrogen-bond acceptors (Lipinski definition) is 3. The van der Waals surface area contributed by atoms with Crippen molar-refractivity contribution in [2.45, 2.75) is 25.4 Å². The normalized spacial score (nSPS) is 14.2. The summed E-state index contributed by atoms with van der Waals surface area (Å²) in [4.78, 5) is 9.40. The summed E-state index contributed by atoms with van der Waals surface area (Å²) in [5.41, 5.74) is 7.50. The van der Waals surface area contributed by atoms with Crippen LogP contribution in [-0.2, 0) is 5.41 Å². The van der Waals surface area contributed by atoms with Gasteiger partial charge in [0, 0.05) is 44.8 Å². The van der Waals surface area contributed by atoms with Crippen molar-refractivity contribution in [3.05, 3.63) is 150 Å². The molecule has 7 aromatic rings. The Hall–Kier alpha value is -5.29. The number of hydrogen-bond donors (Lipinski definition) is 0. The summed E-state index contributed by atoms with van der Waals surface area (Å²) in [6.07, 6.45) is 2.28. The molecule has 43 heavy (non-hydrogen) atoms. The molecule has 4 heterocycles. The van der Waals surface area contributed by atoms with Crippen molar-refractivity contribution < 1.29 is 9.13 Å². The van der Waals surface area contributed by atoms with E-state index < -0.39 is 6.17 Å².